The zero-order chi connectivity index (χ0) is 13.5. The molecular weight excluding hydrogens is 234 g/mol. The van der Waals surface area contributed by atoms with E-state index in [0.717, 1.165) is 12.8 Å². The Morgan fingerprint density at radius 1 is 1.22 bits per heavy atom. The zero-order valence-electron chi connectivity index (χ0n) is 11.3. The predicted octanol–water partition coefficient (Wildman–Crippen LogP) is -0.606. The molecule has 1 rings (SSSR count). The van der Waals surface area contributed by atoms with E-state index in [1.807, 2.05) is 0 Å². The summed E-state index contributed by atoms with van der Waals surface area (Å²) in [7, 11) is 1.58. The third-order valence-corrected chi connectivity index (χ3v) is 2.82. The van der Waals surface area contributed by atoms with Crippen LogP contribution in [0.5, 0.6) is 0 Å². The maximum absolute atomic E-state index is 11.7. The predicted molar refractivity (Wildman–Crippen MR) is 68.1 cm³/mol. The van der Waals surface area contributed by atoms with Crippen LogP contribution in [-0.4, -0.2) is 50.2 Å². The number of carbonyl (C=O) groups excluding carboxylic acids is 2. The number of amides is 2. The van der Waals surface area contributed by atoms with E-state index in [1.54, 1.807) is 21.0 Å². The van der Waals surface area contributed by atoms with E-state index in [2.05, 4.69) is 16.0 Å². The summed E-state index contributed by atoms with van der Waals surface area (Å²) in [6, 6.07) is -0.428. The summed E-state index contributed by atoms with van der Waals surface area (Å²) in [5.41, 5.74) is 0. The lowest BCUT2D eigenvalue weighted by Crippen LogP contribution is -2.51. The fourth-order valence-electron chi connectivity index (χ4n) is 1.51. The van der Waals surface area contributed by atoms with Gasteiger partial charge in [-0.3, -0.25) is 14.9 Å². The Morgan fingerprint density at radius 2 is 1.83 bits per heavy atom. The Labute approximate surface area is 108 Å². The summed E-state index contributed by atoms with van der Waals surface area (Å²) < 4.78 is 4.84. The average Bonchev–Trinajstić information content (AvgIpc) is 3.12. The van der Waals surface area contributed by atoms with Crippen LogP contribution >= 0.6 is 0 Å². The van der Waals surface area contributed by atoms with Gasteiger partial charge in [-0.05, 0) is 26.7 Å². The molecule has 1 aliphatic rings. The molecule has 0 saturated heterocycles. The molecule has 0 radical (unpaired) electrons. The van der Waals surface area contributed by atoms with E-state index in [1.165, 1.54) is 0 Å². The topological polar surface area (TPSA) is 79.5 Å². The number of rotatable bonds is 8. The lowest BCUT2D eigenvalue weighted by atomic mass is 10.2. The van der Waals surface area contributed by atoms with Crippen molar-refractivity contribution in [3.63, 3.8) is 0 Å². The van der Waals surface area contributed by atoms with Crippen molar-refractivity contribution in [2.75, 3.05) is 20.3 Å². The monoisotopic (exact) mass is 257 g/mol. The highest BCUT2D eigenvalue weighted by Crippen LogP contribution is 2.18. The van der Waals surface area contributed by atoms with Gasteiger partial charge < -0.3 is 15.4 Å². The van der Waals surface area contributed by atoms with Gasteiger partial charge in [0.2, 0.25) is 11.8 Å². The van der Waals surface area contributed by atoms with Gasteiger partial charge in [0.05, 0.1) is 18.7 Å². The van der Waals surface area contributed by atoms with Crippen LogP contribution in [0.15, 0.2) is 0 Å². The van der Waals surface area contributed by atoms with Gasteiger partial charge in [-0.25, -0.2) is 0 Å². The maximum Gasteiger partial charge on any atom is 0.237 e. The Kier molecular flexibility index (Phi) is 6.07. The van der Waals surface area contributed by atoms with Gasteiger partial charge in [-0.2, -0.15) is 0 Å². The first-order valence-electron chi connectivity index (χ1n) is 6.37. The van der Waals surface area contributed by atoms with Gasteiger partial charge in [-0.15, -0.1) is 0 Å². The van der Waals surface area contributed by atoms with Crippen LogP contribution in [0.1, 0.15) is 26.7 Å². The van der Waals surface area contributed by atoms with Crippen LogP contribution in [-0.2, 0) is 14.3 Å². The number of methoxy groups -OCH3 is 1. The highest BCUT2D eigenvalue weighted by Gasteiger charge is 2.26. The van der Waals surface area contributed by atoms with E-state index in [0.29, 0.717) is 19.2 Å². The van der Waals surface area contributed by atoms with Crippen LogP contribution in [0.4, 0.5) is 0 Å². The van der Waals surface area contributed by atoms with E-state index in [4.69, 9.17) is 4.74 Å². The number of ether oxygens (including phenoxy) is 1. The molecular formula is C12H23N3O3. The second-order valence-corrected chi connectivity index (χ2v) is 4.68. The van der Waals surface area contributed by atoms with Crippen molar-refractivity contribution in [1.29, 1.82) is 0 Å². The summed E-state index contributed by atoms with van der Waals surface area (Å²) >= 11 is 0. The molecule has 2 amide bonds. The van der Waals surface area contributed by atoms with Crippen LogP contribution < -0.4 is 16.0 Å². The van der Waals surface area contributed by atoms with E-state index < -0.39 is 6.04 Å². The summed E-state index contributed by atoms with van der Waals surface area (Å²) in [5.74, 6) is -0.174. The lowest BCUT2D eigenvalue weighted by Gasteiger charge is -2.19. The average molecular weight is 257 g/mol. The van der Waals surface area contributed by atoms with Gasteiger partial charge in [-0.1, -0.05) is 0 Å². The minimum absolute atomic E-state index is 0.0472. The molecule has 0 spiro atoms. The lowest BCUT2D eigenvalue weighted by molar-refractivity contribution is -0.125. The second-order valence-electron chi connectivity index (χ2n) is 4.68. The van der Waals surface area contributed by atoms with Crippen molar-refractivity contribution < 1.29 is 14.3 Å². The SMILES string of the molecule is COCCNC(=O)C(C)NC(C)C(=O)NC1CC1. The number of nitrogens with one attached hydrogen (secondary N) is 3. The minimum Gasteiger partial charge on any atom is -0.383 e. The fraction of sp³-hybridized carbons (Fsp3) is 0.833. The Bertz CT molecular complexity index is 292. The molecule has 0 heterocycles. The molecule has 1 saturated carbocycles. The first-order chi connectivity index (χ1) is 8.54. The molecule has 1 aliphatic carbocycles. The smallest absolute Gasteiger partial charge is 0.237 e. The summed E-state index contributed by atoms with van der Waals surface area (Å²) in [5, 5.41) is 8.59. The summed E-state index contributed by atoms with van der Waals surface area (Å²) in [6.45, 7) is 4.46. The van der Waals surface area contributed by atoms with Crippen LogP contribution in [0.2, 0.25) is 0 Å². The van der Waals surface area contributed by atoms with Gasteiger partial charge in [0.1, 0.15) is 0 Å². The zero-order valence-corrected chi connectivity index (χ0v) is 11.3. The number of carbonyl (C=O) groups is 2. The maximum atomic E-state index is 11.7. The van der Waals surface area contributed by atoms with E-state index >= 15 is 0 Å². The quantitative estimate of drug-likeness (QED) is 0.507. The minimum atomic E-state index is -0.401. The van der Waals surface area contributed by atoms with Gasteiger partial charge >= 0.3 is 0 Å². The van der Waals surface area contributed by atoms with Crippen molar-refractivity contribution in [1.82, 2.24) is 16.0 Å². The fourth-order valence-corrected chi connectivity index (χ4v) is 1.51. The molecule has 3 N–H and O–H groups in total. The molecule has 6 heteroatoms. The molecule has 0 aromatic heterocycles. The molecule has 0 aromatic carbocycles. The van der Waals surface area contributed by atoms with Crippen molar-refractivity contribution in [2.24, 2.45) is 0 Å². The summed E-state index contributed by atoms with van der Waals surface area (Å²) in [4.78, 5) is 23.3. The van der Waals surface area contributed by atoms with E-state index in [-0.39, 0.29) is 17.9 Å². The van der Waals surface area contributed by atoms with Gasteiger partial charge in [0.25, 0.3) is 0 Å². The van der Waals surface area contributed by atoms with E-state index in [9.17, 15) is 9.59 Å². The van der Waals surface area contributed by atoms with Crippen molar-refractivity contribution >= 4 is 11.8 Å². The molecule has 0 aliphatic heterocycles. The van der Waals surface area contributed by atoms with Crippen molar-refractivity contribution in [3.05, 3.63) is 0 Å². The Morgan fingerprint density at radius 3 is 2.39 bits per heavy atom. The third-order valence-electron chi connectivity index (χ3n) is 2.82. The molecule has 0 bridgehead atoms. The first-order valence-corrected chi connectivity index (χ1v) is 6.37. The van der Waals surface area contributed by atoms with Crippen molar-refractivity contribution in [3.8, 4) is 0 Å². The first kappa shape index (κ1) is 14.9. The Hall–Kier alpha value is -1.14. The van der Waals surface area contributed by atoms with Gasteiger partial charge in [0, 0.05) is 19.7 Å². The number of hydrogen-bond donors (Lipinski definition) is 3. The normalized spacial score (nSPS) is 17.9. The molecule has 18 heavy (non-hydrogen) atoms. The number of hydrogen-bond acceptors (Lipinski definition) is 4. The highest BCUT2D eigenvalue weighted by atomic mass is 16.5. The highest BCUT2D eigenvalue weighted by molar-refractivity contribution is 5.85. The largest absolute Gasteiger partial charge is 0.383 e. The Balaban J connectivity index is 2.21. The van der Waals surface area contributed by atoms with Gasteiger partial charge in [0.15, 0.2) is 0 Å². The molecule has 6 nitrogen and oxygen atoms in total. The van der Waals surface area contributed by atoms with Crippen molar-refractivity contribution in [2.45, 2.75) is 44.8 Å². The van der Waals surface area contributed by atoms with Crippen LogP contribution in [0.3, 0.4) is 0 Å². The molecule has 0 aromatic rings. The summed E-state index contributed by atoms with van der Waals surface area (Å²) in [6.07, 6.45) is 2.12. The van der Waals surface area contributed by atoms with Crippen LogP contribution in [0.25, 0.3) is 0 Å². The molecule has 104 valence electrons. The molecule has 2 atom stereocenters. The standard InChI is InChI=1S/C12H23N3O3/c1-8(11(16)13-6-7-18-3)14-9(2)12(17)15-10-4-5-10/h8-10,14H,4-7H2,1-3H3,(H,13,16)(H,15,17). The molecule has 1 fully saturated rings. The van der Waals surface area contributed by atoms with Crippen LogP contribution in [0, 0.1) is 0 Å². The third kappa shape index (κ3) is 5.46. The second kappa shape index (κ2) is 7.33. The molecule has 2 unspecified atom stereocenters.